The number of nitrogens with one attached hydrogen (secondary N) is 1. The van der Waals surface area contributed by atoms with E-state index in [9.17, 15) is 8.42 Å². The number of halogens is 2. The maximum Gasteiger partial charge on any atom is 0.264 e. The van der Waals surface area contributed by atoms with Crippen molar-refractivity contribution >= 4 is 39.1 Å². The molecule has 0 aliphatic rings. The molecule has 0 unspecified atom stereocenters. The third kappa shape index (κ3) is 4.67. The normalized spacial score (nSPS) is 11.4. The third-order valence-corrected chi connectivity index (χ3v) is 6.07. The summed E-state index contributed by atoms with van der Waals surface area (Å²) in [6.07, 6.45) is 0.398. The summed E-state index contributed by atoms with van der Waals surface area (Å²) in [5.41, 5.74) is 1.83. The van der Waals surface area contributed by atoms with E-state index < -0.39 is 10.0 Å². The number of sulfonamides is 1. The van der Waals surface area contributed by atoms with Crippen molar-refractivity contribution in [3.8, 4) is 11.3 Å². The Bertz CT molecular complexity index is 1250. The van der Waals surface area contributed by atoms with Gasteiger partial charge in [-0.05, 0) is 35.9 Å². The predicted octanol–water partition coefficient (Wildman–Crippen LogP) is 6.04. The highest BCUT2D eigenvalue weighted by molar-refractivity contribution is 7.92. The van der Waals surface area contributed by atoms with E-state index in [0.29, 0.717) is 33.6 Å². The lowest BCUT2D eigenvalue weighted by Crippen LogP contribution is -2.12. The van der Waals surface area contributed by atoms with E-state index in [1.165, 1.54) is 12.1 Å². The topological polar surface area (TPSA) is 72.2 Å². The molecule has 0 fully saturated rings. The van der Waals surface area contributed by atoms with E-state index in [1.807, 2.05) is 30.3 Å². The minimum atomic E-state index is -3.87. The largest absolute Gasteiger partial charge is 0.423 e. The zero-order valence-electron chi connectivity index (χ0n) is 15.5. The Morgan fingerprint density at radius 3 is 2.10 bits per heavy atom. The van der Waals surface area contributed by atoms with Crippen molar-refractivity contribution in [1.82, 2.24) is 4.98 Å². The number of hydrogen-bond acceptors (Lipinski definition) is 4. The SMILES string of the molecule is O=S(=O)(Nc1oc(Cc2ccccc2)nc1-c1cc(Cl)cc(Cl)c1)c1ccccc1. The van der Waals surface area contributed by atoms with Crippen LogP contribution in [0.4, 0.5) is 5.88 Å². The van der Waals surface area contributed by atoms with Crippen LogP contribution in [0, 0.1) is 0 Å². The van der Waals surface area contributed by atoms with Crippen LogP contribution in [0.1, 0.15) is 11.5 Å². The molecule has 0 aliphatic carbocycles. The number of rotatable bonds is 6. The molecular formula is C22H16Cl2N2O3S. The lowest BCUT2D eigenvalue weighted by atomic mass is 10.1. The second-order valence-corrected chi connectivity index (χ2v) is 9.08. The van der Waals surface area contributed by atoms with Gasteiger partial charge in [0.15, 0.2) is 0 Å². The number of anilines is 1. The lowest BCUT2D eigenvalue weighted by Gasteiger charge is -2.07. The summed E-state index contributed by atoms with van der Waals surface area (Å²) in [4.78, 5) is 4.64. The summed E-state index contributed by atoms with van der Waals surface area (Å²) < 4.78 is 34.0. The van der Waals surface area contributed by atoms with E-state index in [2.05, 4.69) is 9.71 Å². The molecule has 0 radical (unpaired) electrons. The molecule has 1 N–H and O–H groups in total. The summed E-state index contributed by atoms with van der Waals surface area (Å²) in [5, 5.41) is 0.809. The lowest BCUT2D eigenvalue weighted by molar-refractivity contribution is 0.521. The van der Waals surface area contributed by atoms with E-state index in [-0.39, 0.29) is 10.8 Å². The van der Waals surface area contributed by atoms with Crippen LogP contribution in [0.5, 0.6) is 0 Å². The monoisotopic (exact) mass is 458 g/mol. The van der Waals surface area contributed by atoms with Gasteiger partial charge < -0.3 is 4.42 Å². The first-order valence-electron chi connectivity index (χ1n) is 8.99. The van der Waals surface area contributed by atoms with Gasteiger partial charge in [0, 0.05) is 22.0 Å². The fourth-order valence-electron chi connectivity index (χ4n) is 2.95. The first-order chi connectivity index (χ1) is 14.4. The standard InChI is InChI=1S/C22H16Cl2N2O3S/c23-17-12-16(13-18(24)14-17)21-22(26-30(27,28)19-9-5-2-6-10-19)29-20(25-21)11-15-7-3-1-4-8-15/h1-10,12-14,26H,11H2. The highest BCUT2D eigenvalue weighted by Gasteiger charge is 2.22. The van der Waals surface area contributed by atoms with E-state index in [1.54, 1.807) is 36.4 Å². The molecule has 4 aromatic rings. The van der Waals surface area contributed by atoms with Gasteiger partial charge in [0.1, 0.15) is 5.69 Å². The Balaban J connectivity index is 1.77. The van der Waals surface area contributed by atoms with Crippen LogP contribution in [-0.4, -0.2) is 13.4 Å². The molecule has 0 saturated heterocycles. The van der Waals surface area contributed by atoms with Gasteiger partial charge >= 0.3 is 0 Å². The van der Waals surface area contributed by atoms with Crippen molar-refractivity contribution in [2.75, 3.05) is 4.72 Å². The molecule has 0 spiro atoms. The average molecular weight is 459 g/mol. The summed E-state index contributed by atoms with van der Waals surface area (Å²) in [7, 11) is -3.87. The van der Waals surface area contributed by atoms with Crippen LogP contribution >= 0.6 is 23.2 Å². The summed E-state index contributed by atoms with van der Waals surface area (Å²) in [5.74, 6) is 0.362. The maximum absolute atomic E-state index is 12.8. The quantitative estimate of drug-likeness (QED) is 0.382. The maximum atomic E-state index is 12.8. The van der Waals surface area contributed by atoms with Gasteiger partial charge in [0.05, 0.1) is 4.90 Å². The van der Waals surface area contributed by atoms with Gasteiger partial charge in [0.2, 0.25) is 11.8 Å². The summed E-state index contributed by atoms with van der Waals surface area (Å²) >= 11 is 12.3. The van der Waals surface area contributed by atoms with Gasteiger partial charge in [-0.2, -0.15) is 0 Å². The Morgan fingerprint density at radius 1 is 0.867 bits per heavy atom. The van der Waals surface area contributed by atoms with E-state index in [4.69, 9.17) is 27.6 Å². The highest BCUT2D eigenvalue weighted by atomic mass is 35.5. The van der Waals surface area contributed by atoms with Crippen molar-refractivity contribution in [3.63, 3.8) is 0 Å². The molecule has 4 rings (SSSR count). The van der Waals surface area contributed by atoms with Crippen LogP contribution in [0.3, 0.4) is 0 Å². The Labute approximate surface area is 184 Å². The van der Waals surface area contributed by atoms with Crippen molar-refractivity contribution in [3.05, 3.63) is 100 Å². The molecule has 0 aliphatic heterocycles. The zero-order chi connectivity index (χ0) is 21.1. The first kappa shape index (κ1) is 20.5. The fourth-order valence-corrected chi connectivity index (χ4v) is 4.49. The van der Waals surface area contributed by atoms with Gasteiger partial charge in [0.25, 0.3) is 10.0 Å². The highest BCUT2D eigenvalue weighted by Crippen LogP contribution is 2.34. The third-order valence-electron chi connectivity index (χ3n) is 4.29. The molecule has 0 saturated carbocycles. The molecule has 0 atom stereocenters. The Kier molecular flexibility index (Phi) is 5.81. The molecule has 152 valence electrons. The van der Waals surface area contributed by atoms with Gasteiger partial charge in [-0.25, -0.2) is 18.1 Å². The minimum Gasteiger partial charge on any atom is -0.423 e. The predicted molar refractivity (Wildman–Crippen MR) is 118 cm³/mol. The van der Waals surface area contributed by atoms with Crippen LogP contribution < -0.4 is 4.72 Å². The van der Waals surface area contributed by atoms with Crippen LogP contribution in [0.25, 0.3) is 11.3 Å². The minimum absolute atomic E-state index is 0.00289. The second-order valence-electron chi connectivity index (χ2n) is 6.52. The van der Waals surface area contributed by atoms with Gasteiger partial charge in [-0.1, -0.05) is 71.7 Å². The van der Waals surface area contributed by atoms with Crippen LogP contribution in [0.2, 0.25) is 10.0 Å². The number of oxazole rings is 1. The zero-order valence-corrected chi connectivity index (χ0v) is 17.9. The number of aromatic nitrogens is 1. The van der Waals surface area contributed by atoms with Crippen LogP contribution in [0.15, 0.2) is 88.2 Å². The van der Waals surface area contributed by atoms with Gasteiger partial charge in [-0.3, -0.25) is 0 Å². The molecule has 30 heavy (non-hydrogen) atoms. The van der Waals surface area contributed by atoms with Crippen molar-refractivity contribution in [2.45, 2.75) is 11.3 Å². The molecule has 5 nitrogen and oxygen atoms in total. The molecular weight excluding hydrogens is 443 g/mol. The molecule has 0 bridgehead atoms. The molecule has 1 aromatic heterocycles. The number of nitrogens with zero attached hydrogens (tertiary/aromatic N) is 1. The smallest absolute Gasteiger partial charge is 0.264 e. The first-order valence-corrected chi connectivity index (χ1v) is 11.2. The molecule has 8 heteroatoms. The number of hydrogen-bond donors (Lipinski definition) is 1. The van der Waals surface area contributed by atoms with E-state index >= 15 is 0 Å². The molecule has 0 amide bonds. The average Bonchev–Trinajstić information content (AvgIpc) is 3.10. The van der Waals surface area contributed by atoms with Crippen molar-refractivity contribution in [1.29, 1.82) is 0 Å². The summed E-state index contributed by atoms with van der Waals surface area (Å²) in [6, 6.07) is 22.5. The molecule has 3 aromatic carbocycles. The van der Waals surface area contributed by atoms with Crippen LogP contribution in [-0.2, 0) is 16.4 Å². The van der Waals surface area contributed by atoms with Crippen molar-refractivity contribution in [2.24, 2.45) is 0 Å². The fraction of sp³-hybridized carbons (Fsp3) is 0.0455. The Hall–Kier alpha value is -2.80. The second kappa shape index (κ2) is 8.52. The van der Waals surface area contributed by atoms with Gasteiger partial charge in [-0.15, -0.1) is 0 Å². The molecule has 1 heterocycles. The Morgan fingerprint density at radius 2 is 1.47 bits per heavy atom. The summed E-state index contributed by atoms with van der Waals surface area (Å²) in [6.45, 7) is 0. The number of benzene rings is 3. The van der Waals surface area contributed by atoms with E-state index in [0.717, 1.165) is 5.56 Å². The van der Waals surface area contributed by atoms with Crippen molar-refractivity contribution < 1.29 is 12.8 Å².